The number of thioether (sulfide) groups is 1. The van der Waals surface area contributed by atoms with Crippen LogP contribution in [0.1, 0.15) is 74.5 Å². The van der Waals surface area contributed by atoms with Crippen LogP contribution in [0.25, 0.3) is 6.08 Å². The fraction of sp³-hybridized carbons (Fsp3) is 0.387. The summed E-state index contributed by atoms with van der Waals surface area (Å²) in [5.74, 6) is 1.69. The summed E-state index contributed by atoms with van der Waals surface area (Å²) in [5, 5.41) is 0. The van der Waals surface area contributed by atoms with Crippen molar-refractivity contribution in [1.82, 2.24) is 0 Å². The lowest BCUT2D eigenvalue weighted by Gasteiger charge is -2.19. The van der Waals surface area contributed by atoms with Crippen molar-refractivity contribution in [1.29, 1.82) is 0 Å². The molecule has 172 valence electrons. The van der Waals surface area contributed by atoms with Crippen LogP contribution in [0.5, 0.6) is 0 Å². The van der Waals surface area contributed by atoms with Crippen molar-refractivity contribution in [2.75, 3.05) is 0 Å². The molecule has 0 amide bonds. The maximum absolute atomic E-state index is 13.1. The van der Waals surface area contributed by atoms with Crippen LogP contribution in [0.2, 0.25) is 0 Å². The van der Waals surface area contributed by atoms with Crippen LogP contribution in [-0.2, 0) is 17.0 Å². The van der Waals surface area contributed by atoms with Crippen LogP contribution in [0.15, 0.2) is 83.3 Å². The molecule has 0 fully saturated rings. The van der Waals surface area contributed by atoms with Crippen LogP contribution in [0.3, 0.4) is 0 Å². The average Bonchev–Trinajstić information content (AvgIpc) is 3.32. The number of carbonyl (C=O) groups is 1. The molecule has 0 spiro atoms. The maximum atomic E-state index is 13.1. The Bertz CT molecular complexity index is 997. The van der Waals surface area contributed by atoms with Gasteiger partial charge in [0.15, 0.2) is 0 Å². The van der Waals surface area contributed by atoms with E-state index in [0.717, 1.165) is 44.3 Å². The molecule has 0 N–H and O–H groups in total. The standard InChI is InChI=1S/C31H36OS/c1-2-24-17-19-26(20-18-24)23-33-31-16-8-15-30(32)28(22-21-27-12-7-14-29(27)31)13-6-11-25-9-4-3-5-10-25/h2-5,9-10,16-20,28H,1,6-8,11-15,21-23H2/b31-16+. The van der Waals surface area contributed by atoms with Gasteiger partial charge in [-0.1, -0.05) is 78.9 Å². The van der Waals surface area contributed by atoms with Crippen molar-refractivity contribution in [3.05, 3.63) is 100.0 Å². The number of aryl methyl sites for hydroxylation is 1. The lowest BCUT2D eigenvalue weighted by molar-refractivity contribution is -0.123. The highest BCUT2D eigenvalue weighted by Gasteiger charge is 2.24. The SMILES string of the molecule is C=Cc1ccc(CS/C2=C/CCC(=O)C(CCCc3ccccc3)CCC3=C2CCC3)cc1. The summed E-state index contributed by atoms with van der Waals surface area (Å²) in [6.07, 6.45) is 14.9. The molecule has 0 aromatic heterocycles. The Balaban J connectivity index is 1.38. The lowest BCUT2D eigenvalue weighted by Crippen LogP contribution is -2.15. The number of benzene rings is 2. The van der Waals surface area contributed by atoms with Gasteiger partial charge in [-0.3, -0.25) is 4.79 Å². The monoisotopic (exact) mass is 456 g/mol. The summed E-state index contributed by atoms with van der Waals surface area (Å²) in [5.41, 5.74) is 7.12. The van der Waals surface area contributed by atoms with Crippen molar-refractivity contribution in [2.45, 2.75) is 70.0 Å². The van der Waals surface area contributed by atoms with Gasteiger partial charge in [-0.2, -0.15) is 0 Å². The molecule has 2 aromatic rings. The molecular formula is C31H36OS. The predicted molar refractivity (Wildman–Crippen MR) is 143 cm³/mol. The minimum absolute atomic E-state index is 0.231. The third-order valence-electron chi connectivity index (χ3n) is 7.07. The molecule has 0 aliphatic heterocycles. The van der Waals surface area contributed by atoms with Gasteiger partial charge >= 0.3 is 0 Å². The van der Waals surface area contributed by atoms with E-state index >= 15 is 0 Å². The molecule has 1 unspecified atom stereocenters. The quantitative estimate of drug-likeness (QED) is 0.395. The van der Waals surface area contributed by atoms with Crippen LogP contribution in [-0.4, -0.2) is 5.78 Å². The number of allylic oxidation sites excluding steroid dienone is 3. The highest BCUT2D eigenvalue weighted by atomic mass is 32.2. The fourth-order valence-corrected chi connectivity index (χ4v) is 6.29. The Morgan fingerprint density at radius 3 is 2.55 bits per heavy atom. The molecule has 2 aliphatic rings. The summed E-state index contributed by atoms with van der Waals surface area (Å²) < 4.78 is 0. The van der Waals surface area contributed by atoms with Gasteiger partial charge < -0.3 is 0 Å². The van der Waals surface area contributed by atoms with Gasteiger partial charge in [0.25, 0.3) is 0 Å². The Morgan fingerprint density at radius 1 is 0.939 bits per heavy atom. The Labute approximate surface area is 204 Å². The second-order valence-corrected chi connectivity index (χ2v) is 10.4. The third kappa shape index (κ3) is 6.84. The summed E-state index contributed by atoms with van der Waals surface area (Å²) in [4.78, 5) is 14.5. The molecule has 33 heavy (non-hydrogen) atoms. The largest absolute Gasteiger partial charge is 0.299 e. The average molecular weight is 457 g/mol. The first-order valence-corrected chi connectivity index (χ1v) is 13.5. The van der Waals surface area contributed by atoms with E-state index in [1.165, 1.54) is 40.9 Å². The lowest BCUT2D eigenvalue weighted by atomic mass is 9.87. The molecule has 2 aromatic carbocycles. The van der Waals surface area contributed by atoms with Crippen LogP contribution < -0.4 is 0 Å². The molecule has 2 heteroatoms. The summed E-state index contributed by atoms with van der Waals surface area (Å²) in [6, 6.07) is 19.4. The molecule has 0 saturated carbocycles. The van der Waals surface area contributed by atoms with Crippen molar-refractivity contribution >= 4 is 23.6 Å². The second kappa shape index (κ2) is 12.2. The third-order valence-corrected chi connectivity index (χ3v) is 8.27. The van der Waals surface area contributed by atoms with Gasteiger partial charge in [0.1, 0.15) is 5.78 Å². The van der Waals surface area contributed by atoms with Crippen molar-refractivity contribution < 1.29 is 4.79 Å². The van der Waals surface area contributed by atoms with E-state index in [2.05, 4.69) is 67.3 Å². The Kier molecular flexibility index (Phi) is 8.83. The summed E-state index contributed by atoms with van der Waals surface area (Å²) >= 11 is 1.96. The predicted octanol–water partition coefficient (Wildman–Crippen LogP) is 8.71. The molecule has 1 atom stereocenters. The number of hydrogen-bond acceptors (Lipinski definition) is 2. The smallest absolute Gasteiger partial charge is 0.136 e. The zero-order valence-electron chi connectivity index (χ0n) is 19.7. The van der Waals surface area contributed by atoms with Gasteiger partial charge in [-0.25, -0.2) is 0 Å². The molecule has 4 rings (SSSR count). The number of carbonyl (C=O) groups excluding carboxylic acids is 1. The minimum Gasteiger partial charge on any atom is -0.299 e. The van der Waals surface area contributed by atoms with E-state index < -0.39 is 0 Å². The summed E-state index contributed by atoms with van der Waals surface area (Å²) in [7, 11) is 0. The van der Waals surface area contributed by atoms with E-state index in [9.17, 15) is 4.79 Å². The molecular weight excluding hydrogens is 420 g/mol. The van der Waals surface area contributed by atoms with E-state index in [-0.39, 0.29) is 5.92 Å². The molecule has 0 heterocycles. The van der Waals surface area contributed by atoms with E-state index in [1.54, 1.807) is 11.1 Å². The van der Waals surface area contributed by atoms with Crippen LogP contribution >= 0.6 is 11.8 Å². The number of rotatable bonds is 8. The second-order valence-electron chi connectivity index (χ2n) is 9.36. The van der Waals surface area contributed by atoms with Crippen molar-refractivity contribution in [2.24, 2.45) is 5.92 Å². The summed E-state index contributed by atoms with van der Waals surface area (Å²) in [6.45, 7) is 3.85. The first-order chi connectivity index (χ1) is 16.2. The Morgan fingerprint density at radius 2 is 1.76 bits per heavy atom. The fourth-order valence-electron chi connectivity index (χ4n) is 5.12. The highest BCUT2D eigenvalue weighted by Crippen LogP contribution is 2.41. The Hall–Kier alpha value is -2.32. The van der Waals surface area contributed by atoms with E-state index in [4.69, 9.17) is 0 Å². The van der Waals surface area contributed by atoms with E-state index in [0.29, 0.717) is 12.2 Å². The maximum Gasteiger partial charge on any atom is 0.136 e. The zero-order valence-corrected chi connectivity index (χ0v) is 20.5. The van der Waals surface area contributed by atoms with Gasteiger partial charge in [0.05, 0.1) is 0 Å². The molecule has 0 radical (unpaired) electrons. The number of hydrogen-bond donors (Lipinski definition) is 0. The van der Waals surface area contributed by atoms with Crippen LogP contribution in [0.4, 0.5) is 0 Å². The highest BCUT2D eigenvalue weighted by molar-refractivity contribution is 8.02. The van der Waals surface area contributed by atoms with Gasteiger partial charge in [-0.05, 0) is 80.1 Å². The van der Waals surface area contributed by atoms with E-state index in [1.807, 2.05) is 17.8 Å². The first-order valence-electron chi connectivity index (χ1n) is 12.5. The normalized spacial score (nSPS) is 20.8. The van der Waals surface area contributed by atoms with Crippen molar-refractivity contribution in [3.63, 3.8) is 0 Å². The first kappa shape index (κ1) is 23.8. The minimum atomic E-state index is 0.231. The van der Waals surface area contributed by atoms with Gasteiger partial charge in [0, 0.05) is 23.0 Å². The molecule has 2 aliphatic carbocycles. The topological polar surface area (TPSA) is 17.1 Å². The van der Waals surface area contributed by atoms with Gasteiger partial charge in [0.2, 0.25) is 0 Å². The molecule has 0 saturated heterocycles. The van der Waals surface area contributed by atoms with Gasteiger partial charge in [-0.15, -0.1) is 11.8 Å². The van der Waals surface area contributed by atoms with Crippen LogP contribution in [0, 0.1) is 5.92 Å². The number of Topliss-reactive ketones (excluding diaryl/α,β-unsaturated/α-hetero) is 1. The van der Waals surface area contributed by atoms with Crippen molar-refractivity contribution in [3.8, 4) is 0 Å². The molecule has 0 bridgehead atoms. The zero-order chi connectivity index (χ0) is 22.9. The molecule has 1 nitrogen and oxygen atoms in total. The number of ketones is 1.